The van der Waals surface area contributed by atoms with Crippen LogP contribution in [0.3, 0.4) is 0 Å². The molecule has 1 heterocycles. The van der Waals surface area contributed by atoms with E-state index in [1.807, 2.05) is 31.2 Å². The van der Waals surface area contributed by atoms with E-state index in [0.29, 0.717) is 5.56 Å². The fraction of sp³-hybridized carbons (Fsp3) is 0.128. The Labute approximate surface area is 271 Å². The largest absolute Gasteiger partial charge is 0.478 e. The molecule has 1 amide bonds. The van der Waals surface area contributed by atoms with Gasteiger partial charge in [0.2, 0.25) is 0 Å². The first-order chi connectivity index (χ1) is 22.2. The number of hydrogen-bond acceptors (Lipinski definition) is 3. The molecule has 0 spiro atoms. The van der Waals surface area contributed by atoms with Crippen molar-refractivity contribution in [2.45, 2.75) is 42.6 Å². The molecule has 46 heavy (non-hydrogen) atoms. The molecule has 0 saturated heterocycles. The van der Waals surface area contributed by atoms with E-state index in [4.69, 9.17) is 0 Å². The predicted molar refractivity (Wildman–Crippen MR) is 183 cm³/mol. The summed E-state index contributed by atoms with van der Waals surface area (Å²) in [6.07, 6.45) is 2.10. The van der Waals surface area contributed by atoms with Crippen LogP contribution >= 0.6 is 11.8 Å². The van der Waals surface area contributed by atoms with E-state index >= 15 is 0 Å². The number of benzene rings is 5. The fourth-order valence-electron chi connectivity index (χ4n) is 5.59. The molecule has 0 fully saturated rings. The average molecular weight is 629 g/mol. The van der Waals surface area contributed by atoms with Crippen molar-refractivity contribution in [1.82, 2.24) is 9.88 Å². The van der Waals surface area contributed by atoms with Crippen LogP contribution < -0.4 is 5.32 Å². The van der Waals surface area contributed by atoms with Gasteiger partial charge < -0.3 is 15.0 Å². The highest BCUT2D eigenvalue weighted by Crippen LogP contribution is 2.41. The number of nitrogens with one attached hydrogen (secondary N) is 1. The third-order valence-electron chi connectivity index (χ3n) is 8.07. The minimum Gasteiger partial charge on any atom is -0.478 e. The summed E-state index contributed by atoms with van der Waals surface area (Å²) < 4.78 is 16.0. The molecule has 0 aliphatic rings. The Balaban J connectivity index is 1.43. The predicted octanol–water partition coefficient (Wildman–Crippen LogP) is 10.0. The van der Waals surface area contributed by atoms with Gasteiger partial charge in [-0.2, -0.15) is 0 Å². The number of halogens is 1. The zero-order valence-corrected chi connectivity index (χ0v) is 26.5. The first-order valence-corrected chi connectivity index (χ1v) is 15.9. The summed E-state index contributed by atoms with van der Waals surface area (Å²) in [7, 11) is 0. The van der Waals surface area contributed by atoms with Crippen LogP contribution in [0.2, 0.25) is 0 Å². The van der Waals surface area contributed by atoms with Crippen LogP contribution in [0.5, 0.6) is 0 Å². The first kappa shape index (κ1) is 30.9. The van der Waals surface area contributed by atoms with Crippen LogP contribution in [0.15, 0.2) is 131 Å². The molecule has 2 N–H and O–H groups in total. The molecule has 0 unspecified atom stereocenters. The van der Waals surface area contributed by atoms with Gasteiger partial charge in [-0.15, -0.1) is 0 Å². The lowest BCUT2D eigenvalue weighted by atomic mass is 9.98. The smallest absolute Gasteiger partial charge is 0.335 e. The Morgan fingerprint density at radius 1 is 0.761 bits per heavy atom. The fourth-order valence-corrected chi connectivity index (χ4v) is 6.60. The molecule has 5 nitrogen and oxygen atoms in total. The van der Waals surface area contributed by atoms with Crippen molar-refractivity contribution in [2.75, 3.05) is 0 Å². The topological polar surface area (TPSA) is 71.3 Å². The van der Waals surface area contributed by atoms with Crippen molar-refractivity contribution < 1.29 is 19.1 Å². The Morgan fingerprint density at radius 2 is 1.37 bits per heavy atom. The lowest BCUT2D eigenvalue weighted by Crippen LogP contribution is -2.27. The van der Waals surface area contributed by atoms with Gasteiger partial charge in [0.15, 0.2) is 0 Å². The third-order valence-corrected chi connectivity index (χ3v) is 9.11. The van der Waals surface area contributed by atoms with Crippen LogP contribution in [0.25, 0.3) is 33.2 Å². The number of fused-ring (bicyclic) bond motifs is 1. The average Bonchev–Trinajstić information content (AvgIpc) is 3.43. The van der Waals surface area contributed by atoms with Gasteiger partial charge in [0.1, 0.15) is 5.82 Å². The van der Waals surface area contributed by atoms with Crippen molar-refractivity contribution in [3.05, 3.63) is 144 Å². The van der Waals surface area contributed by atoms with Crippen LogP contribution in [-0.4, -0.2) is 21.6 Å². The number of carbonyl (C=O) groups excluding carboxylic acids is 1. The van der Waals surface area contributed by atoms with E-state index in [1.165, 1.54) is 24.3 Å². The van der Waals surface area contributed by atoms with Crippen molar-refractivity contribution in [1.29, 1.82) is 0 Å². The van der Waals surface area contributed by atoms with Gasteiger partial charge in [-0.1, -0.05) is 78.5 Å². The van der Waals surface area contributed by atoms with Crippen molar-refractivity contribution in [3.8, 4) is 22.3 Å². The lowest BCUT2D eigenvalue weighted by Gasteiger charge is -2.17. The number of carboxylic acids is 1. The molecule has 5 aromatic carbocycles. The molecule has 6 rings (SSSR count). The van der Waals surface area contributed by atoms with E-state index in [0.717, 1.165) is 48.5 Å². The normalized spacial score (nSPS) is 11.9. The van der Waals surface area contributed by atoms with Crippen LogP contribution in [-0.2, 0) is 0 Å². The molecule has 230 valence electrons. The second kappa shape index (κ2) is 13.1. The maximum atomic E-state index is 14.2. The van der Waals surface area contributed by atoms with Crippen LogP contribution in [0.4, 0.5) is 4.39 Å². The van der Waals surface area contributed by atoms with Gasteiger partial charge in [0, 0.05) is 27.4 Å². The van der Waals surface area contributed by atoms with Gasteiger partial charge in [0.05, 0.1) is 22.7 Å². The molecule has 0 radical (unpaired) electrons. The van der Waals surface area contributed by atoms with Gasteiger partial charge in [-0.25, -0.2) is 9.18 Å². The van der Waals surface area contributed by atoms with Crippen molar-refractivity contribution in [2.24, 2.45) is 0 Å². The van der Waals surface area contributed by atoms with Crippen LogP contribution in [0.1, 0.15) is 59.1 Å². The SMILES string of the molecule is CC(C)n1cc(Sc2ccc(-c3ccccc3)cc2)c2c(C(=O)N[C@@H](C)c3ccc(C(=O)O)cc3)cc(-c3ccc(F)cc3)cc21. The zero-order chi connectivity index (χ0) is 32.4. The van der Waals surface area contributed by atoms with Gasteiger partial charge in [-0.05, 0) is 97.1 Å². The van der Waals surface area contributed by atoms with E-state index < -0.39 is 5.97 Å². The summed E-state index contributed by atoms with van der Waals surface area (Å²) >= 11 is 1.61. The summed E-state index contributed by atoms with van der Waals surface area (Å²) in [5, 5.41) is 13.3. The molecule has 1 atom stereocenters. The molecule has 0 saturated carbocycles. The molecular formula is C39H33FN2O3S. The zero-order valence-electron chi connectivity index (χ0n) is 25.7. The summed E-state index contributed by atoms with van der Waals surface area (Å²) in [5.74, 6) is -1.59. The van der Waals surface area contributed by atoms with E-state index in [-0.39, 0.29) is 29.4 Å². The van der Waals surface area contributed by atoms with Crippen molar-refractivity contribution in [3.63, 3.8) is 0 Å². The van der Waals surface area contributed by atoms with Crippen LogP contribution in [0, 0.1) is 5.82 Å². The molecule has 0 aliphatic carbocycles. The molecule has 0 aliphatic heterocycles. The van der Waals surface area contributed by atoms with E-state index in [9.17, 15) is 19.1 Å². The number of aromatic carboxylic acids is 1. The second-order valence-electron chi connectivity index (χ2n) is 11.5. The Bertz CT molecular complexity index is 2020. The standard InChI is InChI=1S/C39H33FN2O3S/c1-24(2)42-23-36(46-33-19-15-28(16-20-33)27-7-5-4-6-8-27)37-34(21-31(22-35(37)42)29-13-17-32(40)18-14-29)38(43)41-25(3)26-9-11-30(12-10-26)39(44)45/h4-25H,1-3H3,(H,41,43)(H,44,45)/t25-/m0/s1. The number of amides is 1. The molecule has 7 heteroatoms. The summed E-state index contributed by atoms with van der Waals surface area (Å²) in [4.78, 5) is 27.5. The number of nitrogens with zero attached hydrogens (tertiary/aromatic N) is 1. The maximum Gasteiger partial charge on any atom is 0.335 e. The quantitative estimate of drug-likeness (QED) is 0.167. The highest BCUT2D eigenvalue weighted by molar-refractivity contribution is 7.99. The maximum absolute atomic E-state index is 14.2. The minimum absolute atomic E-state index is 0.114. The molecular weight excluding hydrogens is 596 g/mol. The number of aromatic nitrogens is 1. The van der Waals surface area contributed by atoms with Crippen molar-refractivity contribution >= 4 is 34.5 Å². The summed E-state index contributed by atoms with van der Waals surface area (Å²) in [6, 6.07) is 35.1. The Morgan fingerprint density at radius 3 is 2.00 bits per heavy atom. The Hall–Kier alpha value is -5.14. The monoisotopic (exact) mass is 628 g/mol. The number of carbonyl (C=O) groups is 2. The third kappa shape index (κ3) is 6.46. The van der Waals surface area contributed by atoms with E-state index in [1.54, 1.807) is 36.0 Å². The van der Waals surface area contributed by atoms with E-state index in [2.05, 4.69) is 72.4 Å². The highest BCUT2D eigenvalue weighted by atomic mass is 32.2. The number of carboxylic acid groups (broad SMARTS) is 1. The summed E-state index contributed by atoms with van der Waals surface area (Å²) in [6.45, 7) is 6.09. The highest BCUT2D eigenvalue weighted by Gasteiger charge is 2.23. The second-order valence-corrected chi connectivity index (χ2v) is 12.6. The molecule has 0 bridgehead atoms. The Kier molecular flexibility index (Phi) is 8.77. The minimum atomic E-state index is -1.00. The number of hydrogen-bond donors (Lipinski definition) is 2. The van der Waals surface area contributed by atoms with Gasteiger partial charge in [-0.3, -0.25) is 4.79 Å². The van der Waals surface area contributed by atoms with Gasteiger partial charge >= 0.3 is 5.97 Å². The lowest BCUT2D eigenvalue weighted by molar-refractivity contribution is 0.0696. The number of rotatable bonds is 9. The first-order valence-electron chi connectivity index (χ1n) is 15.1. The summed E-state index contributed by atoms with van der Waals surface area (Å²) in [5.41, 5.74) is 6.27. The molecule has 1 aromatic heterocycles. The van der Waals surface area contributed by atoms with Gasteiger partial charge in [0.25, 0.3) is 5.91 Å². The molecule has 6 aromatic rings.